The minimum Gasteiger partial charge on any atom is -0.332 e. The number of nitrogens with two attached hydrogens (primary N) is 1. The van der Waals surface area contributed by atoms with Gasteiger partial charge in [-0.3, -0.25) is 4.68 Å². The van der Waals surface area contributed by atoms with Crippen LogP contribution in [0.25, 0.3) is 23.0 Å². The van der Waals surface area contributed by atoms with E-state index in [4.69, 9.17) is 10.3 Å². The molecule has 0 aliphatic heterocycles. The molecule has 0 aromatic carbocycles. The van der Waals surface area contributed by atoms with Crippen LogP contribution in [-0.2, 0) is 6.54 Å². The molecule has 0 aliphatic rings. The standard InChI is InChI=1S/C10H10N6OS.ClH/c11-2-3-16-5-8(13-15-16)10-12-9(14-17-10)7-1-4-18-6-7;/h1,4-6H,2-3,11H2;1H. The van der Waals surface area contributed by atoms with Crippen molar-refractivity contribution in [3.8, 4) is 23.0 Å². The second-order valence-electron chi connectivity index (χ2n) is 3.59. The van der Waals surface area contributed by atoms with Gasteiger partial charge in [-0.2, -0.15) is 16.3 Å². The number of thiophene rings is 1. The van der Waals surface area contributed by atoms with Crippen LogP contribution >= 0.6 is 23.7 Å². The van der Waals surface area contributed by atoms with Gasteiger partial charge in [-0.25, -0.2) is 0 Å². The summed E-state index contributed by atoms with van der Waals surface area (Å²) in [4.78, 5) is 4.28. The van der Waals surface area contributed by atoms with Gasteiger partial charge in [0.15, 0.2) is 5.69 Å². The third-order valence-corrected chi connectivity index (χ3v) is 3.00. The lowest BCUT2D eigenvalue weighted by molar-refractivity contribution is 0.431. The zero-order chi connectivity index (χ0) is 12.4. The van der Waals surface area contributed by atoms with Crippen molar-refractivity contribution < 1.29 is 4.52 Å². The van der Waals surface area contributed by atoms with Crippen molar-refractivity contribution in [2.24, 2.45) is 5.73 Å². The van der Waals surface area contributed by atoms with E-state index in [1.54, 1.807) is 22.2 Å². The lowest BCUT2D eigenvalue weighted by Gasteiger charge is -1.91. The molecule has 2 N–H and O–H groups in total. The summed E-state index contributed by atoms with van der Waals surface area (Å²) in [5, 5.41) is 15.7. The molecule has 0 atom stereocenters. The normalized spacial score (nSPS) is 10.4. The monoisotopic (exact) mass is 298 g/mol. The molecule has 9 heteroatoms. The van der Waals surface area contributed by atoms with E-state index in [9.17, 15) is 0 Å². The number of nitrogens with zero attached hydrogens (tertiary/aromatic N) is 5. The summed E-state index contributed by atoms with van der Waals surface area (Å²) in [6, 6.07) is 1.94. The van der Waals surface area contributed by atoms with Gasteiger partial charge in [-0.1, -0.05) is 10.4 Å². The van der Waals surface area contributed by atoms with Crippen molar-refractivity contribution >= 4 is 23.7 Å². The van der Waals surface area contributed by atoms with Crippen LogP contribution in [-0.4, -0.2) is 31.7 Å². The van der Waals surface area contributed by atoms with Crippen LogP contribution in [0.4, 0.5) is 0 Å². The molecule has 0 bridgehead atoms. The first-order chi connectivity index (χ1) is 8.86. The summed E-state index contributed by atoms with van der Waals surface area (Å²) in [5.41, 5.74) is 6.93. The number of hydrogen-bond donors (Lipinski definition) is 1. The number of hydrogen-bond acceptors (Lipinski definition) is 7. The first kappa shape index (κ1) is 13.7. The highest BCUT2D eigenvalue weighted by Crippen LogP contribution is 2.22. The first-order valence-corrected chi connectivity index (χ1v) is 6.28. The van der Waals surface area contributed by atoms with Gasteiger partial charge in [-0.05, 0) is 11.4 Å². The van der Waals surface area contributed by atoms with Crippen molar-refractivity contribution in [3.63, 3.8) is 0 Å². The quantitative estimate of drug-likeness (QED) is 0.783. The van der Waals surface area contributed by atoms with Gasteiger partial charge in [0.05, 0.1) is 12.7 Å². The van der Waals surface area contributed by atoms with Crippen molar-refractivity contribution in [3.05, 3.63) is 23.0 Å². The average molecular weight is 299 g/mol. The van der Waals surface area contributed by atoms with Gasteiger partial charge in [0.25, 0.3) is 5.89 Å². The number of halogens is 1. The fraction of sp³-hybridized carbons (Fsp3) is 0.200. The van der Waals surface area contributed by atoms with Crippen LogP contribution in [0, 0.1) is 0 Å². The third kappa shape index (κ3) is 2.80. The maximum atomic E-state index is 5.44. The largest absolute Gasteiger partial charge is 0.332 e. The molecular formula is C10H11ClN6OS. The Morgan fingerprint density at radius 3 is 3.05 bits per heavy atom. The fourth-order valence-corrected chi connectivity index (χ4v) is 2.11. The first-order valence-electron chi connectivity index (χ1n) is 5.33. The molecule has 7 nitrogen and oxygen atoms in total. The van der Waals surface area contributed by atoms with E-state index >= 15 is 0 Å². The molecule has 0 amide bonds. The van der Waals surface area contributed by atoms with Crippen molar-refractivity contribution in [1.82, 2.24) is 25.1 Å². The maximum absolute atomic E-state index is 5.44. The summed E-state index contributed by atoms with van der Waals surface area (Å²) in [7, 11) is 0. The van der Waals surface area contributed by atoms with Crippen LogP contribution in [0.1, 0.15) is 0 Å². The van der Waals surface area contributed by atoms with Gasteiger partial charge in [-0.15, -0.1) is 17.5 Å². The zero-order valence-electron chi connectivity index (χ0n) is 9.76. The highest BCUT2D eigenvalue weighted by Gasteiger charge is 2.13. The van der Waals surface area contributed by atoms with E-state index in [2.05, 4.69) is 20.5 Å². The average Bonchev–Trinajstić information content (AvgIpc) is 3.10. The van der Waals surface area contributed by atoms with E-state index in [-0.39, 0.29) is 12.4 Å². The zero-order valence-corrected chi connectivity index (χ0v) is 11.4. The van der Waals surface area contributed by atoms with Gasteiger partial charge < -0.3 is 10.3 Å². The second-order valence-corrected chi connectivity index (χ2v) is 4.37. The maximum Gasteiger partial charge on any atom is 0.280 e. The Balaban J connectivity index is 0.00000133. The molecule has 0 saturated carbocycles. The smallest absolute Gasteiger partial charge is 0.280 e. The SMILES string of the molecule is Cl.NCCn1cc(-c2nc(-c3ccsc3)no2)nn1. The van der Waals surface area contributed by atoms with Crippen molar-refractivity contribution in [2.75, 3.05) is 6.54 Å². The summed E-state index contributed by atoms with van der Waals surface area (Å²) < 4.78 is 6.81. The topological polar surface area (TPSA) is 95.7 Å². The minimum absolute atomic E-state index is 0. The molecule has 0 radical (unpaired) electrons. The Morgan fingerprint density at radius 1 is 1.42 bits per heavy atom. The van der Waals surface area contributed by atoms with Gasteiger partial charge >= 0.3 is 0 Å². The van der Waals surface area contributed by atoms with Gasteiger partial charge in [0.2, 0.25) is 5.82 Å². The predicted octanol–water partition coefficient (Wildman–Crippen LogP) is 1.44. The molecule has 0 spiro atoms. The molecule has 19 heavy (non-hydrogen) atoms. The van der Waals surface area contributed by atoms with Crippen molar-refractivity contribution in [2.45, 2.75) is 6.54 Å². The summed E-state index contributed by atoms with van der Waals surface area (Å²) in [6.07, 6.45) is 1.73. The van der Waals surface area contributed by atoms with Crippen LogP contribution < -0.4 is 5.73 Å². The molecule has 3 aromatic rings. The molecular weight excluding hydrogens is 288 g/mol. The van der Waals surface area contributed by atoms with E-state index < -0.39 is 0 Å². The van der Waals surface area contributed by atoms with E-state index in [1.165, 1.54) is 0 Å². The molecule has 3 rings (SSSR count). The summed E-state index contributed by atoms with van der Waals surface area (Å²) >= 11 is 1.58. The highest BCUT2D eigenvalue weighted by atomic mass is 35.5. The lowest BCUT2D eigenvalue weighted by atomic mass is 10.3. The fourth-order valence-electron chi connectivity index (χ4n) is 1.47. The van der Waals surface area contributed by atoms with Crippen LogP contribution in [0.15, 0.2) is 27.5 Å². The van der Waals surface area contributed by atoms with E-state index in [0.29, 0.717) is 30.5 Å². The Hall–Kier alpha value is -1.77. The lowest BCUT2D eigenvalue weighted by Crippen LogP contribution is -2.10. The second kappa shape index (κ2) is 5.91. The Bertz CT molecular complexity index is 634. The predicted molar refractivity (Wildman–Crippen MR) is 72.9 cm³/mol. The van der Waals surface area contributed by atoms with E-state index in [1.807, 2.05) is 16.8 Å². The van der Waals surface area contributed by atoms with E-state index in [0.717, 1.165) is 5.56 Å². The van der Waals surface area contributed by atoms with Gasteiger partial charge in [0, 0.05) is 17.5 Å². The molecule has 100 valence electrons. The highest BCUT2D eigenvalue weighted by molar-refractivity contribution is 7.08. The van der Waals surface area contributed by atoms with Crippen molar-refractivity contribution in [1.29, 1.82) is 0 Å². The molecule has 0 fully saturated rings. The van der Waals surface area contributed by atoms with Crippen LogP contribution in [0.5, 0.6) is 0 Å². The molecule has 0 aliphatic carbocycles. The molecule has 3 aromatic heterocycles. The van der Waals surface area contributed by atoms with Crippen LogP contribution in [0.3, 0.4) is 0 Å². The minimum atomic E-state index is 0. The molecule has 0 saturated heterocycles. The van der Waals surface area contributed by atoms with Crippen LogP contribution in [0.2, 0.25) is 0 Å². The number of rotatable bonds is 4. The Labute approximate surface area is 118 Å². The Kier molecular flexibility index (Phi) is 4.25. The Morgan fingerprint density at radius 2 is 2.32 bits per heavy atom. The summed E-state index contributed by atoms with van der Waals surface area (Å²) in [6.45, 7) is 1.12. The molecule has 3 heterocycles. The molecule has 0 unspecified atom stereocenters. The third-order valence-electron chi connectivity index (χ3n) is 2.32. The van der Waals surface area contributed by atoms with Gasteiger partial charge in [0.1, 0.15) is 0 Å². The summed E-state index contributed by atoms with van der Waals surface area (Å²) in [5.74, 6) is 0.916. The number of aromatic nitrogens is 5.